The lowest BCUT2D eigenvalue weighted by molar-refractivity contribution is -0.161. The van der Waals surface area contributed by atoms with E-state index in [2.05, 4.69) is 15.0 Å². The van der Waals surface area contributed by atoms with Crippen LogP contribution in [0.4, 0.5) is 23.2 Å². The van der Waals surface area contributed by atoms with E-state index in [9.17, 15) is 27.2 Å². The molecule has 30 heavy (non-hydrogen) atoms. The van der Waals surface area contributed by atoms with Gasteiger partial charge < -0.3 is 14.8 Å². The molecular formula is C20H18F4N2O4. The molecule has 1 aliphatic rings. The van der Waals surface area contributed by atoms with Gasteiger partial charge in [0.05, 0.1) is 26.1 Å². The Balaban J connectivity index is 1.81. The van der Waals surface area contributed by atoms with Crippen molar-refractivity contribution >= 4 is 17.6 Å². The van der Waals surface area contributed by atoms with Crippen molar-refractivity contribution in [3.05, 3.63) is 53.1 Å². The summed E-state index contributed by atoms with van der Waals surface area (Å²) in [4.78, 5) is 27.6. The molecule has 10 heteroatoms. The molecule has 0 spiro atoms. The third-order valence-electron chi connectivity index (χ3n) is 4.97. The second-order valence-corrected chi connectivity index (χ2v) is 6.87. The van der Waals surface area contributed by atoms with Gasteiger partial charge in [0.25, 0.3) is 0 Å². The number of amides is 1. The van der Waals surface area contributed by atoms with Gasteiger partial charge in [-0.3, -0.25) is 4.79 Å². The Morgan fingerprint density at radius 2 is 1.90 bits per heavy atom. The SMILES string of the molecule is COC(=O)c1cc(NC(=O)Cc2cc(OC)c(C3(C(F)(F)F)CC3)cc2F)ccn1. The number of carbonyl (C=O) groups excluding carboxylic acids is 2. The number of nitrogens with one attached hydrogen (secondary N) is 1. The minimum Gasteiger partial charge on any atom is -0.496 e. The van der Waals surface area contributed by atoms with E-state index in [-0.39, 0.29) is 41.1 Å². The Labute approximate surface area is 169 Å². The van der Waals surface area contributed by atoms with Crippen molar-refractivity contribution in [3.8, 4) is 5.75 Å². The van der Waals surface area contributed by atoms with Crippen LogP contribution in [-0.4, -0.2) is 37.3 Å². The van der Waals surface area contributed by atoms with E-state index in [1.54, 1.807) is 0 Å². The second kappa shape index (κ2) is 7.92. The summed E-state index contributed by atoms with van der Waals surface area (Å²) >= 11 is 0. The molecule has 1 amide bonds. The molecule has 1 aromatic heterocycles. The summed E-state index contributed by atoms with van der Waals surface area (Å²) in [5.74, 6) is -2.38. The largest absolute Gasteiger partial charge is 0.496 e. The van der Waals surface area contributed by atoms with Gasteiger partial charge in [-0.05, 0) is 37.1 Å². The van der Waals surface area contributed by atoms with Crippen LogP contribution >= 0.6 is 0 Å². The number of pyridine rings is 1. The lowest BCUT2D eigenvalue weighted by atomic mass is 9.92. The Bertz CT molecular complexity index is 987. The summed E-state index contributed by atoms with van der Waals surface area (Å²) < 4.78 is 64.4. The molecule has 6 nitrogen and oxygen atoms in total. The summed E-state index contributed by atoms with van der Waals surface area (Å²) in [5, 5.41) is 2.48. The number of benzene rings is 1. The van der Waals surface area contributed by atoms with Crippen LogP contribution in [0, 0.1) is 5.82 Å². The van der Waals surface area contributed by atoms with Crippen molar-refractivity contribution in [2.24, 2.45) is 0 Å². The highest BCUT2D eigenvalue weighted by Gasteiger charge is 2.65. The van der Waals surface area contributed by atoms with E-state index in [1.807, 2.05) is 0 Å². The van der Waals surface area contributed by atoms with E-state index in [0.29, 0.717) is 0 Å². The van der Waals surface area contributed by atoms with Crippen molar-refractivity contribution in [2.45, 2.75) is 30.9 Å². The maximum atomic E-state index is 14.6. The van der Waals surface area contributed by atoms with Gasteiger partial charge in [0.1, 0.15) is 17.3 Å². The van der Waals surface area contributed by atoms with Crippen molar-refractivity contribution in [3.63, 3.8) is 0 Å². The first-order valence-corrected chi connectivity index (χ1v) is 8.89. The lowest BCUT2D eigenvalue weighted by Crippen LogP contribution is -2.29. The van der Waals surface area contributed by atoms with Crippen LogP contribution in [0.2, 0.25) is 0 Å². The molecule has 1 fully saturated rings. The fraction of sp³-hybridized carbons (Fsp3) is 0.350. The number of carbonyl (C=O) groups is 2. The van der Waals surface area contributed by atoms with Crippen molar-refractivity contribution in [1.29, 1.82) is 0 Å². The van der Waals surface area contributed by atoms with Gasteiger partial charge in [0.15, 0.2) is 0 Å². The number of nitrogens with zero attached hydrogens (tertiary/aromatic N) is 1. The zero-order valence-corrected chi connectivity index (χ0v) is 16.1. The van der Waals surface area contributed by atoms with Crippen LogP contribution in [0.25, 0.3) is 0 Å². The van der Waals surface area contributed by atoms with Gasteiger partial charge in [-0.25, -0.2) is 14.2 Å². The molecule has 3 rings (SSSR count). The topological polar surface area (TPSA) is 77.5 Å². The van der Waals surface area contributed by atoms with E-state index in [0.717, 1.165) is 12.1 Å². The summed E-state index contributed by atoms with van der Waals surface area (Å²) in [6.07, 6.45) is -3.97. The minimum atomic E-state index is -4.52. The third-order valence-corrected chi connectivity index (χ3v) is 4.97. The first-order chi connectivity index (χ1) is 14.1. The number of anilines is 1. The zero-order chi connectivity index (χ0) is 22.1. The number of halogens is 4. The van der Waals surface area contributed by atoms with Crippen molar-refractivity contribution in [1.82, 2.24) is 4.98 Å². The number of ether oxygens (including phenoxy) is 2. The van der Waals surface area contributed by atoms with Crippen LogP contribution in [0.5, 0.6) is 5.75 Å². The Morgan fingerprint density at radius 1 is 1.20 bits per heavy atom. The summed E-state index contributed by atoms with van der Waals surface area (Å²) in [6.45, 7) is 0. The quantitative estimate of drug-likeness (QED) is 0.562. The molecule has 0 aliphatic heterocycles. The third kappa shape index (κ3) is 4.07. The van der Waals surface area contributed by atoms with Gasteiger partial charge in [-0.15, -0.1) is 0 Å². The van der Waals surface area contributed by atoms with Crippen LogP contribution in [0.15, 0.2) is 30.5 Å². The predicted octanol–water partition coefficient (Wildman–Crippen LogP) is 3.79. The maximum absolute atomic E-state index is 14.6. The smallest absolute Gasteiger partial charge is 0.398 e. The second-order valence-electron chi connectivity index (χ2n) is 6.87. The fourth-order valence-electron chi connectivity index (χ4n) is 3.21. The first-order valence-electron chi connectivity index (χ1n) is 8.89. The molecule has 1 aliphatic carbocycles. The van der Waals surface area contributed by atoms with Crippen LogP contribution in [-0.2, 0) is 21.4 Å². The number of hydrogen-bond acceptors (Lipinski definition) is 5. The summed E-state index contributed by atoms with van der Waals surface area (Å²) in [6, 6.07) is 4.61. The fourth-order valence-corrected chi connectivity index (χ4v) is 3.21. The number of esters is 1. The number of rotatable bonds is 6. The highest BCUT2D eigenvalue weighted by atomic mass is 19.4. The maximum Gasteiger partial charge on any atom is 0.398 e. The Morgan fingerprint density at radius 3 is 2.47 bits per heavy atom. The predicted molar refractivity (Wildman–Crippen MR) is 97.8 cm³/mol. The Kier molecular flexibility index (Phi) is 5.69. The molecule has 1 N–H and O–H groups in total. The molecule has 0 bridgehead atoms. The molecule has 1 saturated carbocycles. The van der Waals surface area contributed by atoms with Gasteiger partial charge in [-0.2, -0.15) is 13.2 Å². The standard InChI is InChI=1S/C20H18F4N2O4/c1-29-16-7-11(14(21)10-13(16)19(4-5-19)20(22,23)24)8-17(27)26-12-3-6-25-15(9-12)18(28)30-2/h3,6-7,9-10H,4-5,8H2,1-2H3,(H,25,26,27). The van der Waals surface area contributed by atoms with E-state index < -0.39 is 35.7 Å². The molecule has 2 aromatic rings. The van der Waals surface area contributed by atoms with Gasteiger partial charge in [0.2, 0.25) is 5.91 Å². The van der Waals surface area contributed by atoms with Crippen molar-refractivity contribution < 1.29 is 36.6 Å². The van der Waals surface area contributed by atoms with E-state index >= 15 is 0 Å². The normalized spacial score (nSPS) is 14.7. The molecule has 1 aromatic carbocycles. The molecule has 0 radical (unpaired) electrons. The minimum absolute atomic E-state index is 0.0330. The summed E-state index contributed by atoms with van der Waals surface area (Å²) in [5.41, 5.74) is -2.30. The average Bonchev–Trinajstić information content (AvgIpc) is 3.50. The van der Waals surface area contributed by atoms with Gasteiger partial charge in [-0.1, -0.05) is 0 Å². The van der Waals surface area contributed by atoms with Crippen LogP contribution < -0.4 is 10.1 Å². The highest BCUT2D eigenvalue weighted by Crippen LogP contribution is 2.61. The monoisotopic (exact) mass is 426 g/mol. The number of methoxy groups -OCH3 is 2. The number of aromatic nitrogens is 1. The van der Waals surface area contributed by atoms with Crippen molar-refractivity contribution in [2.75, 3.05) is 19.5 Å². The molecule has 160 valence electrons. The first kappa shape index (κ1) is 21.5. The van der Waals surface area contributed by atoms with Crippen LogP contribution in [0.3, 0.4) is 0 Å². The van der Waals surface area contributed by atoms with Gasteiger partial charge in [0, 0.05) is 23.0 Å². The Hall–Kier alpha value is -3.17. The molecule has 0 unspecified atom stereocenters. The molecule has 0 atom stereocenters. The summed E-state index contributed by atoms with van der Waals surface area (Å²) in [7, 11) is 2.37. The molecule has 1 heterocycles. The lowest BCUT2D eigenvalue weighted by Gasteiger charge is -2.22. The zero-order valence-electron chi connectivity index (χ0n) is 16.1. The highest BCUT2D eigenvalue weighted by molar-refractivity contribution is 5.94. The van der Waals surface area contributed by atoms with E-state index in [4.69, 9.17) is 4.74 Å². The van der Waals surface area contributed by atoms with E-state index in [1.165, 1.54) is 32.5 Å². The average molecular weight is 426 g/mol. The number of hydrogen-bond donors (Lipinski definition) is 1. The van der Waals surface area contributed by atoms with Gasteiger partial charge >= 0.3 is 12.1 Å². The molecular weight excluding hydrogens is 408 g/mol. The van der Waals surface area contributed by atoms with Crippen LogP contribution in [0.1, 0.15) is 34.5 Å². The molecule has 0 saturated heterocycles. The number of alkyl halides is 3.